The van der Waals surface area contributed by atoms with E-state index in [0.29, 0.717) is 0 Å². The van der Waals surface area contributed by atoms with Crippen LogP contribution in [0, 0.1) is 0 Å². The Labute approximate surface area is 232 Å². The third-order valence-electron chi connectivity index (χ3n) is 5.81. The van der Waals surface area contributed by atoms with Gasteiger partial charge in [0.2, 0.25) is 11.9 Å². The third kappa shape index (κ3) is 8.94. The van der Waals surface area contributed by atoms with E-state index in [-0.39, 0.29) is 17.7 Å². The van der Waals surface area contributed by atoms with Gasteiger partial charge in [0.05, 0.1) is 23.9 Å². The molecule has 0 heterocycles. The fourth-order valence-electron chi connectivity index (χ4n) is 3.66. The van der Waals surface area contributed by atoms with Crippen molar-refractivity contribution in [2.75, 3.05) is 27.0 Å². The Morgan fingerprint density at radius 1 is 0.750 bits per heavy atom. The first-order chi connectivity index (χ1) is 19.3. The topological polar surface area (TPSA) is 135 Å². The number of carbonyl (C=O) groups excluding carboxylic acids is 3. The monoisotopic (exact) mass is 570 g/mol. The van der Waals surface area contributed by atoms with Crippen LogP contribution in [0.15, 0.2) is 91.0 Å². The summed E-state index contributed by atoms with van der Waals surface area (Å²) in [6.07, 6.45) is -6.07. The SMILES string of the molecule is COP(=O)(C[C@H](O)[C@H](OC(=O)c1ccccc1)C(OC(=O)c1ccccc1)C(=O)COCc1ccccc1)OC. The number of benzene rings is 3. The summed E-state index contributed by atoms with van der Waals surface area (Å²) in [4.78, 5) is 39.4. The maximum Gasteiger partial charge on any atom is 0.338 e. The van der Waals surface area contributed by atoms with Crippen LogP contribution in [0.3, 0.4) is 0 Å². The number of aliphatic hydroxyl groups is 1. The molecular formula is C29H31O10P. The van der Waals surface area contributed by atoms with E-state index in [2.05, 4.69) is 0 Å². The number of Topliss-reactive ketones (excluding diaryl/α,β-unsaturated/α-hetero) is 1. The van der Waals surface area contributed by atoms with Gasteiger partial charge in [-0.15, -0.1) is 0 Å². The van der Waals surface area contributed by atoms with Gasteiger partial charge in [-0.25, -0.2) is 9.59 Å². The van der Waals surface area contributed by atoms with Crippen molar-refractivity contribution in [3.8, 4) is 0 Å². The second-order valence-corrected chi connectivity index (χ2v) is 10.9. The molecule has 0 amide bonds. The van der Waals surface area contributed by atoms with E-state index in [1.807, 2.05) is 18.2 Å². The van der Waals surface area contributed by atoms with Crippen molar-refractivity contribution >= 4 is 25.3 Å². The molecule has 0 saturated heterocycles. The molecule has 0 fully saturated rings. The molecule has 11 heteroatoms. The zero-order valence-corrected chi connectivity index (χ0v) is 23.0. The summed E-state index contributed by atoms with van der Waals surface area (Å²) in [6.45, 7) is -0.467. The van der Waals surface area contributed by atoms with E-state index in [9.17, 15) is 24.1 Å². The minimum absolute atomic E-state index is 0.0749. The highest BCUT2D eigenvalue weighted by atomic mass is 31.2. The van der Waals surface area contributed by atoms with Crippen molar-refractivity contribution in [3.05, 3.63) is 108 Å². The predicted molar refractivity (Wildman–Crippen MR) is 145 cm³/mol. The van der Waals surface area contributed by atoms with Gasteiger partial charge in [0.15, 0.2) is 6.10 Å². The van der Waals surface area contributed by atoms with Crippen molar-refractivity contribution < 1.29 is 47.3 Å². The highest BCUT2D eigenvalue weighted by molar-refractivity contribution is 7.53. The summed E-state index contributed by atoms with van der Waals surface area (Å²) >= 11 is 0. The molecule has 10 nitrogen and oxygen atoms in total. The first-order valence-electron chi connectivity index (χ1n) is 12.3. The van der Waals surface area contributed by atoms with Crippen molar-refractivity contribution in [1.29, 1.82) is 0 Å². The highest BCUT2D eigenvalue weighted by Gasteiger charge is 2.43. The molecule has 0 aliphatic rings. The lowest BCUT2D eigenvalue weighted by Crippen LogP contribution is -2.50. The number of carbonyl (C=O) groups is 3. The fraction of sp³-hybridized carbons (Fsp3) is 0.276. The van der Waals surface area contributed by atoms with Crippen molar-refractivity contribution in [1.82, 2.24) is 0 Å². The van der Waals surface area contributed by atoms with Crippen LogP contribution in [-0.4, -0.2) is 68.1 Å². The lowest BCUT2D eigenvalue weighted by Gasteiger charge is -2.30. The van der Waals surface area contributed by atoms with Gasteiger partial charge in [0.1, 0.15) is 12.7 Å². The third-order valence-corrected chi connectivity index (χ3v) is 7.75. The quantitative estimate of drug-likeness (QED) is 0.210. The Morgan fingerprint density at radius 2 is 1.23 bits per heavy atom. The number of esters is 2. The molecule has 0 saturated carbocycles. The van der Waals surface area contributed by atoms with Gasteiger partial charge in [0.25, 0.3) is 0 Å². The molecule has 1 N–H and O–H groups in total. The average Bonchev–Trinajstić information content (AvgIpc) is 2.99. The number of rotatable bonds is 15. The van der Waals surface area contributed by atoms with E-state index in [1.165, 1.54) is 24.3 Å². The van der Waals surface area contributed by atoms with Gasteiger partial charge in [-0.2, -0.15) is 0 Å². The minimum atomic E-state index is -3.85. The lowest BCUT2D eigenvalue weighted by atomic mass is 10.0. The van der Waals surface area contributed by atoms with Crippen molar-refractivity contribution in [2.24, 2.45) is 0 Å². The molecule has 40 heavy (non-hydrogen) atoms. The number of ether oxygens (including phenoxy) is 3. The van der Waals surface area contributed by atoms with E-state index in [0.717, 1.165) is 19.8 Å². The van der Waals surface area contributed by atoms with Gasteiger partial charge in [-0.3, -0.25) is 9.36 Å². The van der Waals surface area contributed by atoms with Crippen molar-refractivity contribution in [3.63, 3.8) is 0 Å². The molecule has 3 rings (SSSR count). The molecule has 212 valence electrons. The van der Waals surface area contributed by atoms with Gasteiger partial charge in [-0.05, 0) is 29.8 Å². The van der Waals surface area contributed by atoms with Crippen LogP contribution in [0.2, 0.25) is 0 Å². The molecule has 0 bridgehead atoms. The molecule has 3 aromatic rings. The summed E-state index contributed by atoms with van der Waals surface area (Å²) in [5, 5.41) is 11.1. The summed E-state index contributed by atoms with van der Waals surface area (Å²) in [5.41, 5.74) is 1.02. The maximum atomic E-state index is 13.4. The number of hydrogen-bond acceptors (Lipinski definition) is 10. The molecule has 3 aromatic carbocycles. The minimum Gasteiger partial charge on any atom is -0.451 e. The summed E-state index contributed by atoms with van der Waals surface area (Å²) < 4.78 is 39.3. The van der Waals surface area contributed by atoms with Gasteiger partial charge in [0, 0.05) is 14.2 Å². The fourth-order valence-corrected chi connectivity index (χ4v) is 4.78. The smallest absolute Gasteiger partial charge is 0.338 e. The maximum absolute atomic E-state index is 13.4. The predicted octanol–water partition coefficient (Wildman–Crippen LogP) is 4.07. The van der Waals surface area contributed by atoms with E-state index in [1.54, 1.807) is 48.5 Å². The number of aliphatic hydroxyl groups excluding tert-OH is 1. The van der Waals surface area contributed by atoms with Crippen molar-refractivity contribution in [2.45, 2.75) is 24.9 Å². The largest absolute Gasteiger partial charge is 0.451 e. The van der Waals surface area contributed by atoms with E-state index >= 15 is 0 Å². The highest BCUT2D eigenvalue weighted by Crippen LogP contribution is 2.47. The Bertz CT molecular complexity index is 1280. The Morgan fingerprint density at radius 3 is 1.73 bits per heavy atom. The summed E-state index contributed by atoms with van der Waals surface area (Å²) in [6, 6.07) is 24.7. The molecule has 3 atom stereocenters. The first kappa shape index (κ1) is 30.9. The van der Waals surface area contributed by atoms with Crippen LogP contribution in [0.1, 0.15) is 26.3 Å². The van der Waals surface area contributed by atoms with E-state index < -0.39 is 56.4 Å². The molecular weight excluding hydrogens is 539 g/mol. The summed E-state index contributed by atoms with van der Waals surface area (Å²) in [5.74, 6) is -2.61. The van der Waals surface area contributed by atoms with Crippen LogP contribution < -0.4 is 0 Å². The lowest BCUT2D eigenvalue weighted by molar-refractivity contribution is -0.144. The van der Waals surface area contributed by atoms with E-state index in [4.69, 9.17) is 23.3 Å². The van der Waals surface area contributed by atoms with Crippen LogP contribution in [-0.2, 0) is 39.2 Å². The van der Waals surface area contributed by atoms with Gasteiger partial charge in [-0.1, -0.05) is 66.7 Å². The molecule has 0 aliphatic heterocycles. The standard InChI is InChI=1S/C29H31O10P/c1-35-40(34,36-2)20-25(31)27(39-29(33)23-16-10-5-11-17-23)26(38-28(32)22-14-8-4-9-15-22)24(30)19-37-18-21-12-6-3-7-13-21/h3-17,25-27,31H,18-20H2,1-2H3/t25-,26?,27-/m0/s1. The zero-order chi connectivity index (χ0) is 29.0. The second-order valence-electron chi connectivity index (χ2n) is 8.60. The number of ketones is 1. The molecule has 0 spiro atoms. The summed E-state index contributed by atoms with van der Waals surface area (Å²) in [7, 11) is -1.61. The molecule has 1 unspecified atom stereocenters. The van der Waals surface area contributed by atoms with Crippen LogP contribution in [0.25, 0.3) is 0 Å². The first-order valence-corrected chi connectivity index (χ1v) is 14.0. The molecule has 0 aromatic heterocycles. The second kappa shape index (κ2) is 15.2. The Kier molecular flexibility index (Phi) is 11.7. The Balaban J connectivity index is 1.92. The molecule has 0 radical (unpaired) electrons. The Hall–Kier alpha value is -3.66. The number of hydrogen-bond donors (Lipinski definition) is 1. The van der Waals surface area contributed by atoms with Gasteiger partial charge < -0.3 is 28.4 Å². The van der Waals surface area contributed by atoms with Crippen LogP contribution in [0.4, 0.5) is 0 Å². The zero-order valence-electron chi connectivity index (χ0n) is 22.1. The van der Waals surface area contributed by atoms with Gasteiger partial charge >= 0.3 is 19.5 Å². The van der Waals surface area contributed by atoms with Crippen LogP contribution in [0.5, 0.6) is 0 Å². The molecule has 0 aliphatic carbocycles. The normalized spacial score (nSPS) is 13.6. The average molecular weight is 571 g/mol. The van der Waals surface area contributed by atoms with Crippen LogP contribution >= 0.6 is 7.60 Å².